The second-order valence-electron chi connectivity index (χ2n) is 6.80. The molecular formula is C18H22BrN3O2. The molecule has 2 amide bonds. The van der Waals surface area contributed by atoms with Gasteiger partial charge >= 0.3 is 0 Å². The summed E-state index contributed by atoms with van der Waals surface area (Å²) >= 11 is 3.39. The zero-order valence-corrected chi connectivity index (χ0v) is 15.5. The van der Waals surface area contributed by atoms with Crippen LogP contribution in [0.25, 0.3) is 0 Å². The standard InChI is InChI=1S/C18H22BrN3O2/c1-12-9-13(2)11-21(10-12)18(24)16-7-8-17(23)22(20-16)15-5-3-14(19)4-6-15/h3-7,12-13,20H,8-11H2,1-2H3/t12-,13-/m0/s1. The summed E-state index contributed by atoms with van der Waals surface area (Å²) in [6.45, 7) is 5.90. The van der Waals surface area contributed by atoms with Crippen molar-refractivity contribution in [1.82, 2.24) is 10.3 Å². The van der Waals surface area contributed by atoms with E-state index >= 15 is 0 Å². The minimum absolute atomic E-state index is 0.0250. The Hall–Kier alpha value is -1.82. The molecule has 6 heteroatoms. The second-order valence-corrected chi connectivity index (χ2v) is 7.71. The molecule has 5 nitrogen and oxygen atoms in total. The lowest BCUT2D eigenvalue weighted by Crippen LogP contribution is -2.51. The van der Waals surface area contributed by atoms with Crippen LogP contribution < -0.4 is 10.4 Å². The fourth-order valence-electron chi connectivity index (χ4n) is 3.44. The first-order valence-corrected chi connectivity index (χ1v) is 9.08. The first-order chi connectivity index (χ1) is 11.4. The molecule has 0 bridgehead atoms. The molecule has 2 aliphatic heterocycles. The summed E-state index contributed by atoms with van der Waals surface area (Å²) < 4.78 is 0.943. The third-order valence-corrected chi connectivity index (χ3v) is 4.96. The number of nitrogens with zero attached hydrogens (tertiary/aromatic N) is 2. The minimum Gasteiger partial charge on any atom is -0.337 e. The molecule has 1 saturated heterocycles. The van der Waals surface area contributed by atoms with Gasteiger partial charge in [-0.15, -0.1) is 0 Å². The quantitative estimate of drug-likeness (QED) is 0.842. The van der Waals surface area contributed by atoms with E-state index in [2.05, 4.69) is 35.2 Å². The fraction of sp³-hybridized carbons (Fsp3) is 0.444. The number of likely N-dealkylation sites (tertiary alicyclic amines) is 1. The lowest BCUT2D eigenvalue weighted by atomic mass is 9.91. The van der Waals surface area contributed by atoms with Gasteiger partial charge in [-0.3, -0.25) is 15.0 Å². The number of anilines is 1. The van der Waals surface area contributed by atoms with Gasteiger partial charge in [0.15, 0.2) is 0 Å². The van der Waals surface area contributed by atoms with Crippen LogP contribution in [0.3, 0.4) is 0 Å². The van der Waals surface area contributed by atoms with Crippen LogP contribution in [-0.4, -0.2) is 29.8 Å². The van der Waals surface area contributed by atoms with Crippen molar-refractivity contribution in [3.63, 3.8) is 0 Å². The number of hydrazine groups is 1. The maximum Gasteiger partial charge on any atom is 0.271 e. The van der Waals surface area contributed by atoms with Crippen LogP contribution in [0.4, 0.5) is 5.69 Å². The number of rotatable bonds is 2. The molecule has 2 atom stereocenters. The molecule has 0 aliphatic carbocycles. The Labute approximate surface area is 150 Å². The monoisotopic (exact) mass is 391 g/mol. The molecule has 1 aromatic carbocycles. The molecule has 0 unspecified atom stereocenters. The smallest absolute Gasteiger partial charge is 0.271 e. The van der Waals surface area contributed by atoms with Crippen LogP contribution in [0.15, 0.2) is 40.5 Å². The number of hydrogen-bond acceptors (Lipinski definition) is 3. The van der Waals surface area contributed by atoms with Crippen LogP contribution >= 0.6 is 15.9 Å². The van der Waals surface area contributed by atoms with Gasteiger partial charge in [-0.05, 0) is 48.6 Å². The Morgan fingerprint density at radius 1 is 1.17 bits per heavy atom. The van der Waals surface area contributed by atoms with Crippen LogP contribution in [0.1, 0.15) is 26.7 Å². The number of benzene rings is 1. The SMILES string of the molecule is C[C@H]1C[C@H](C)CN(C(=O)C2=CCC(=O)N(c3ccc(Br)cc3)N2)C1. The van der Waals surface area contributed by atoms with Gasteiger partial charge in [0.2, 0.25) is 5.91 Å². The number of carbonyl (C=O) groups excluding carboxylic acids is 2. The molecule has 128 valence electrons. The van der Waals surface area contributed by atoms with Gasteiger partial charge in [0.25, 0.3) is 5.91 Å². The maximum absolute atomic E-state index is 12.8. The lowest BCUT2D eigenvalue weighted by molar-refractivity contribution is -0.130. The fourth-order valence-corrected chi connectivity index (χ4v) is 3.71. The van der Waals surface area contributed by atoms with E-state index in [4.69, 9.17) is 0 Å². The van der Waals surface area contributed by atoms with Crippen molar-refractivity contribution >= 4 is 33.4 Å². The van der Waals surface area contributed by atoms with E-state index in [-0.39, 0.29) is 18.2 Å². The van der Waals surface area contributed by atoms with Gasteiger partial charge in [0.1, 0.15) is 5.70 Å². The van der Waals surface area contributed by atoms with Crippen molar-refractivity contribution in [2.24, 2.45) is 11.8 Å². The zero-order chi connectivity index (χ0) is 17.3. The average molecular weight is 392 g/mol. The second kappa shape index (κ2) is 6.97. The Bertz CT molecular complexity index is 661. The Morgan fingerprint density at radius 3 is 2.42 bits per heavy atom. The molecule has 1 fully saturated rings. The van der Waals surface area contributed by atoms with E-state index < -0.39 is 0 Å². The predicted molar refractivity (Wildman–Crippen MR) is 97.0 cm³/mol. The summed E-state index contributed by atoms with van der Waals surface area (Å²) in [5, 5.41) is 1.45. The van der Waals surface area contributed by atoms with E-state index in [1.54, 1.807) is 6.08 Å². The highest BCUT2D eigenvalue weighted by Gasteiger charge is 2.30. The highest BCUT2D eigenvalue weighted by atomic mass is 79.9. The first-order valence-electron chi connectivity index (χ1n) is 8.28. The summed E-state index contributed by atoms with van der Waals surface area (Å²) in [6, 6.07) is 7.43. The summed E-state index contributed by atoms with van der Waals surface area (Å²) in [7, 11) is 0. The van der Waals surface area contributed by atoms with Crippen molar-refractivity contribution in [3.8, 4) is 0 Å². The normalized spacial score (nSPS) is 24.5. The van der Waals surface area contributed by atoms with Gasteiger partial charge in [-0.25, -0.2) is 5.01 Å². The van der Waals surface area contributed by atoms with Crippen molar-refractivity contribution in [2.75, 3.05) is 18.1 Å². The van der Waals surface area contributed by atoms with Crippen molar-refractivity contribution in [2.45, 2.75) is 26.7 Å². The molecule has 1 aromatic rings. The minimum atomic E-state index is -0.0748. The third-order valence-electron chi connectivity index (χ3n) is 4.43. The molecule has 2 aliphatic rings. The van der Waals surface area contributed by atoms with Gasteiger partial charge in [0.05, 0.1) is 5.69 Å². The summed E-state index contributed by atoms with van der Waals surface area (Å²) in [6.07, 6.45) is 3.08. The molecule has 24 heavy (non-hydrogen) atoms. The van der Waals surface area contributed by atoms with E-state index in [0.717, 1.165) is 29.7 Å². The summed E-state index contributed by atoms with van der Waals surface area (Å²) in [5.74, 6) is 0.912. The van der Waals surface area contributed by atoms with Gasteiger partial charge < -0.3 is 4.90 Å². The number of carbonyl (C=O) groups is 2. The number of halogens is 1. The number of nitrogens with one attached hydrogen (secondary N) is 1. The summed E-state index contributed by atoms with van der Waals surface area (Å²) in [5.41, 5.74) is 4.21. The maximum atomic E-state index is 12.8. The zero-order valence-electron chi connectivity index (χ0n) is 14.0. The van der Waals surface area contributed by atoms with Crippen LogP contribution in [0, 0.1) is 11.8 Å². The molecule has 2 heterocycles. The third kappa shape index (κ3) is 3.64. The molecule has 0 spiro atoms. The number of piperidine rings is 1. The van der Waals surface area contributed by atoms with E-state index in [0.29, 0.717) is 17.5 Å². The average Bonchev–Trinajstić information content (AvgIpc) is 2.55. The Morgan fingerprint density at radius 2 is 1.79 bits per heavy atom. The number of hydrogen-bond donors (Lipinski definition) is 1. The predicted octanol–water partition coefficient (Wildman–Crippen LogP) is 3.08. The van der Waals surface area contributed by atoms with Crippen molar-refractivity contribution in [3.05, 3.63) is 40.5 Å². The Balaban J connectivity index is 1.75. The molecular weight excluding hydrogens is 370 g/mol. The largest absolute Gasteiger partial charge is 0.337 e. The van der Waals surface area contributed by atoms with Crippen LogP contribution in [-0.2, 0) is 9.59 Å². The molecule has 3 rings (SSSR count). The van der Waals surface area contributed by atoms with Crippen molar-refractivity contribution in [1.29, 1.82) is 0 Å². The van der Waals surface area contributed by atoms with Gasteiger partial charge in [-0.2, -0.15) is 0 Å². The van der Waals surface area contributed by atoms with Crippen LogP contribution in [0.2, 0.25) is 0 Å². The summed E-state index contributed by atoms with van der Waals surface area (Å²) in [4.78, 5) is 26.9. The first kappa shape index (κ1) is 17.0. The van der Waals surface area contributed by atoms with Crippen molar-refractivity contribution < 1.29 is 9.59 Å². The molecule has 0 radical (unpaired) electrons. The molecule has 1 N–H and O–H groups in total. The van der Waals surface area contributed by atoms with E-state index in [1.165, 1.54) is 5.01 Å². The number of amides is 2. The highest BCUT2D eigenvalue weighted by molar-refractivity contribution is 9.10. The van der Waals surface area contributed by atoms with E-state index in [1.807, 2.05) is 29.2 Å². The van der Waals surface area contributed by atoms with E-state index in [9.17, 15) is 9.59 Å². The van der Waals surface area contributed by atoms with Crippen LogP contribution in [0.5, 0.6) is 0 Å². The van der Waals surface area contributed by atoms with Gasteiger partial charge in [-0.1, -0.05) is 29.8 Å². The molecule has 0 aromatic heterocycles. The Kier molecular flexibility index (Phi) is 4.94. The molecule has 0 saturated carbocycles. The van der Waals surface area contributed by atoms with Gasteiger partial charge in [0, 0.05) is 24.0 Å². The highest BCUT2D eigenvalue weighted by Crippen LogP contribution is 2.24. The lowest BCUT2D eigenvalue weighted by Gasteiger charge is -2.37. The topological polar surface area (TPSA) is 52.7 Å².